The summed E-state index contributed by atoms with van der Waals surface area (Å²) in [5.74, 6) is 0.579. The Balaban J connectivity index is 1.38. The molecule has 9 nitrogen and oxygen atoms in total. The number of nitrogens with zero attached hydrogens (tertiary/aromatic N) is 3. The van der Waals surface area contributed by atoms with Crippen molar-refractivity contribution in [1.29, 1.82) is 5.41 Å². The van der Waals surface area contributed by atoms with Gasteiger partial charge < -0.3 is 9.47 Å². The number of aliphatic imine (C=N–C) groups is 1. The van der Waals surface area contributed by atoms with Gasteiger partial charge in [0, 0.05) is 6.26 Å². The SMILES string of the molecule is Cc1cc(C)cc(OCCOc2ccc(/C=C3\C(=N)N4N=C(S(C)(=O)=O)SC4=NC3=O)cc2)c1. The fourth-order valence-corrected chi connectivity index (χ4v) is 4.97. The van der Waals surface area contributed by atoms with Crippen LogP contribution in [0.1, 0.15) is 16.7 Å². The van der Waals surface area contributed by atoms with Gasteiger partial charge in [-0.1, -0.05) is 18.2 Å². The fourth-order valence-electron chi connectivity index (χ4n) is 3.29. The second-order valence-electron chi connectivity index (χ2n) is 7.75. The largest absolute Gasteiger partial charge is 0.490 e. The maximum Gasteiger partial charge on any atom is 0.283 e. The summed E-state index contributed by atoms with van der Waals surface area (Å²) < 4.78 is 34.7. The van der Waals surface area contributed by atoms with Crippen molar-refractivity contribution in [1.82, 2.24) is 5.01 Å². The molecule has 2 heterocycles. The average molecular weight is 499 g/mol. The summed E-state index contributed by atoms with van der Waals surface area (Å²) in [6.45, 7) is 4.79. The van der Waals surface area contributed by atoms with Crippen molar-refractivity contribution in [2.75, 3.05) is 19.5 Å². The number of fused-ring (bicyclic) bond motifs is 1. The van der Waals surface area contributed by atoms with Crippen LogP contribution in [0, 0.1) is 19.3 Å². The maximum atomic E-state index is 12.4. The summed E-state index contributed by atoms with van der Waals surface area (Å²) in [5, 5.41) is 13.3. The highest BCUT2D eigenvalue weighted by Gasteiger charge is 2.38. The number of thioether (sulfide) groups is 1. The van der Waals surface area contributed by atoms with Crippen molar-refractivity contribution < 1.29 is 22.7 Å². The van der Waals surface area contributed by atoms with Crippen LogP contribution >= 0.6 is 11.8 Å². The lowest BCUT2D eigenvalue weighted by atomic mass is 10.1. The Hall–Kier alpha value is -3.44. The number of amidine groups is 2. The first-order valence-corrected chi connectivity index (χ1v) is 13.0. The van der Waals surface area contributed by atoms with Crippen LogP contribution in [0.25, 0.3) is 6.08 Å². The average Bonchev–Trinajstić information content (AvgIpc) is 3.19. The molecule has 0 saturated heterocycles. The van der Waals surface area contributed by atoms with Gasteiger partial charge >= 0.3 is 0 Å². The molecule has 0 radical (unpaired) electrons. The minimum atomic E-state index is -3.57. The van der Waals surface area contributed by atoms with E-state index in [2.05, 4.69) is 16.2 Å². The number of hydrogen-bond acceptors (Lipinski definition) is 8. The number of nitrogens with one attached hydrogen (secondary N) is 1. The molecule has 176 valence electrons. The number of ether oxygens (including phenoxy) is 2. The molecule has 0 aromatic heterocycles. The van der Waals surface area contributed by atoms with Crippen LogP contribution in [0.15, 0.2) is 58.1 Å². The molecule has 0 aliphatic carbocycles. The third kappa shape index (κ3) is 5.37. The van der Waals surface area contributed by atoms with Crippen molar-refractivity contribution in [3.63, 3.8) is 0 Å². The van der Waals surface area contributed by atoms with Gasteiger partial charge in [0.05, 0.1) is 5.57 Å². The summed E-state index contributed by atoms with van der Waals surface area (Å²) in [7, 11) is -3.57. The molecule has 2 aliphatic rings. The van der Waals surface area contributed by atoms with E-state index in [0.29, 0.717) is 24.5 Å². The van der Waals surface area contributed by atoms with Crippen LogP contribution in [-0.2, 0) is 14.6 Å². The molecule has 2 aromatic carbocycles. The summed E-state index contributed by atoms with van der Waals surface area (Å²) in [6, 6.07) is 13.0. The van der Waals surface area contributed by atoms with E-state index in [1.54, 1.807) is 24.3 Å². The van der Waals surface area contributed by atoms with E-state index in [1.807, 2.05) is 26.0 Å². The number of sulfone groups is 1. The van der Waals surface area contributed by atoms with Crippen LogP contribution in [-0.4, -0.2) is 54.2 Å². The normalized spacial score (nSPS) is 16.9. The molecule has 0 bridgehead atoms. The van der Waals surface area contributed by atoms with Crippen LogP contribution in [0.2, 0.25) is 0 Å². The van der Waals surface area contributed by atoms with E-state index in [9.17, 15) is 13.2 Å². The minimum absolute atomic E-state index is 0.0124. The zero-order chi connectivity index (χ0) is 24.5. The fraction of sp³-hybridized carbons (Fsp3) is 0.217. The lowest BCUT2D eigenvalue weighted by molar-refractivity contribution is -0.114. The Labute approximate surface area is 201 Å². The minimum Gasteiger partial charge on any atom is -0.490 e. The van der Waals surface area contributed by atoms with E-state index < -0.39 is 15.7 Å². The maximum absolute atomic E-state index is 12.4. The molecule has 0 saturated carbocycles. The Bertz CT molecular complexity index is 1340. The lowest BCUT2D eigenvalue weighted by Crippen LogP contribution is -2.35. The molecular weight excluding hydrogens is 476 g/mol. The van der Waals surface area contributed by atoms with Gasteiger partial charge in [0.25, 0.3) is 5.91 Å². The van der Waals surface area contributed by atoms with Gasteiger partial charge in [-0.2, -0.15) is 10.0 Å². The monoisotopic (exact) mass is 498 g/mol. The molecule has 2 aromatic rings. The Morgan fingerprint density at radius 2 is 1.65 bits per heavy atom. The number of aryl methyl sites for hydroxylation is 2. The van der Waals surface area contributed by atoms with Gasteiger partial charge in [0.15, 0.2) is 5.84 Å². The Kier molecular flexibility index (Phi) is 6.58. The quantitative estimate of drug-likeness (QED) is 0.479. The molecular formula is C23H22N4O5S2. The van der Waals surface area contributed by atoms with E-state index in [-0.39, 0.29) is 21.0 Å². The first-order valence-electron chi connectivity index (χ1n) is 10.2. The zero-order valence-corrected chi connectivity index (χ0v) is 20.4. The zero-order valence-electron chi connectivity index (χ0n) is 18.7. The topological polar surface area (TPSA) is 121 Å². The molecule has 0 unspecified atom stereocenters. The van der Waals surface area contributed by atoms with Crippen LogP contribution in [0.5, 0.6) is 11.5 Å². The third-order valence-electron chi connectivity index (χ3n) is 4.76. The molecule has 2 aliphatic heterocycles. The number of benzene rings is 2. The van der Waals surface area contributed by atoms with Gasteiger partial charge in [0.2, 0.25) is 19.4 Å². The van der Waals surface area contributed by atoms with E-state index >= 15 is 0 Å². The number of carbonyl (C=O) groups is 1. The standard InChI is InChI=1S/C23H22N4O5S2/c1-14-10-15(2)12-18(11-14)32-9-8-31-17-6-4-16(5-7-17)13-19-20(24)27-22(25-21(19)28)33-23(26-27)34(3,29)30/h4-7,10-13,24H,8-9H2,1-3H3/b19-13+,24-20?. The second kappa shape index (κ2) is 9.43. The van der Waals surface area contributed by atoms with Gasteiger partial charge in [-0.05, 0) is 72.6 Å². The number of rotatable bonds is 6. The Morgan fingerprint density at radius 1 is 1.03 bits per heavy atom. The highest BCUT2D eigenvalue weighted by Crippen LogP contribution is 2.30. The smallest absolute Gasteiger partial charge is 0.283 e. The van der Waals surface area contributed by atoms with Crippen LogP contribution in [0.3, 0.4) is 0 Å². The molecule has 1 N–H and O–H groups in total. The highest BCUT2D eigenvalue weighted by molar-refractivity contribution is 8.42. The van der Waals surface area contributed by atoms with E-state index in [4.69, 9.17) is 14.9 Å². The molecule has 4 rings (SSSR count). The van der Waals surface area contributed by atoms with Crippen molar-refractivity contribution >= 4 is 49.0 Å². The molecule has 1 amide bonds. The number of hydrazone groups is 1. The third-order valence-corrected chi connectivity index (χ3v) is 7.34. The van der Waals surface area contributed by atoms with Crippen molar-refractivity contribution in [2.45, 2.75) is 13.8 Å². The van der Waals surface area contributed by atoms with Crippen molar-refractivity contribution in [2.24, 2.45) is 10.1 Å². The predicted octanol–water partition coefficient (Wildman–Crippen LogP) is 3.38. The predicted molar refractivity (Wildman–Crippen MR) is 133 cm³/mol. The van der Waals surface area contributed by atoms with Crippen LogP contribution < -0.4 is 9.47 Å². The van der Waals surface area contributed by atoms with Crippen LogP contribution in [0.4, 0.5) is 0 Å². The number of hydrogen-bond donors (Lipinski definition) is 1. The first kappa shape index (κ1) is 23.7. The van der Waals surface area contributed by atoms with Gasteiger partial charge in [-0.15, -0.1) is 5.10 Å². The van der Waals surface area contributed by atoms with E-state index in [1.165, 1.54) is 6.08 Å². The molecule has 0 atom stereocenters. The van der Waals surface area contributed by atoms with Crippen molar-refractivity contribution in [3.05, 3.63) is 64.7 Å². The molecule has 34 heavy (non-hydrogen) atoms. The van der Waals surface area contributed by atoms with E-state index in [0.717, 1.165) is 39.9 Å². The summed E-state index contributed by atoms with van der Waals surface area (Å²) >= 11 is 0.751. The molecule has 0 spiro atoms. The first-order chi connectivity index (χ1) is 16.1. The Morgan fingerprint density at radius 3 is 2.26 bits per heavy atom. The number of amides is 1. The summed E-state index contributed by atoms with van der Waals surface area (Å²) in [5.41, 5.74) is 2.94. The number of carbonyl (C=O) groups excluding carboxylic acids is 1. The van der Waals surface area contributed by atoms with Gasteiger partial charge in [-0.3, -0.25) is 10.2 Å². The lowest BCUT2D eigenvalue weighted by Gasteiger charge is -2.20. The highest BCUT2D eigenvalue weighted by atomic mass is 32.3. The summed E-state index contributed by atoms with van der Waals surface area (Å²) in [6.07, 6.45) is 2.52. The van der Waals surface area contributed by atoms with Crippen molar-refractivity contribution in [3.8, 4) is 11.5 Å². The molecule has 0 fully saturated rings. The second-order valence-corrected chi connectivity index (χ2v) is 10.9. The molecule has 11 heteroatoms. The summed E-state index contributed by atoms with van der Waals surface area (Å²) in [4.78, 5) is 16.3. The van der Waals surface area contributed by atoms with Gasteiger partial charge in [0.1, 0.15) is 24.7 Å². The van der Waals surface area contributed by atoms with Gasteiger partial charge in [-0.25, -0.2) is 8.42 Å².